The van der Waals surface area contributed by atoms with Crippen LogP contribution in [0.1, 0.15) is 12.0 Å². The molecule has 7 heteroatoms. The molecule has 1 aliphatic rings. The molecule has 0 radical (unpaired) electrons. The maximum absolute atomic E-state index is 13.5. The van der Waals surface area contributed by atoms with Crippen LogP contribution in [0.2, 0.25) is 5.02 Å². The second-order valence-corrected chi connectivity index (χ2v) is 5.73. The minimum absolute atomic E-state index is 0.104. The third-order valence-electron chi connectivity index (χ3n) is 3.44. The number of rotatable bonds is 3. The van der Waals surface area contributed by atoms with Gasteiger partial charge in [-0.1, -0.05) is 11.6 Å². The third-order valence-corrected chi connectivity index (χ3v) is 3.72. The quantitative estimate of drug-likeness (QED) is 0.818. The Morgan fingerprint density at radius 1 is 1.16 bits per heavy atom. The minimum Gasteiger partial charge on any atom is -0.489 e. The normalized spacial score (nSPS) is 13.6. The average molecular weight is 366 g/mol. The number of fused-ring (bicyclic) bond motifs is 1. The van der Waals surface area contributed by atoms with E-state index in [0.29, 0.717) is 41.4 Å². The van der Waals surface area contributed by atoms with E-state index in [4.69, 9.17) is 21.1 Å². The molecule has 1 heterocycles. The predicted octanol–water partition coefficient (Wildman–Crippen LogP) is 4.43. The molecule has 2 aromatic carbocycles. The number of nitrogens with one attached hydrogen (secondary N) is 1. The molecule has 130 valence electrons. The molecule has 0 saturated carbocycles. The van der Waals surface area contributed by atoms with Crippen LogP contribution >= 0.6 is 11.6 Å². The molecule has 4 nitrogen and oxygen atoms in total. The Bertz CT molecular complexity index is 839. The van der Waals surface area contributed by atoms with Gasteiger partial charge in [0.25, 0.3) is 0 Å². The van der Waals surface area contributed by atoms with Crippen molar-refractivity contribution in [2.24, 2.45) is 0 Å². The fourth-order valence-corrected chi connectivity index (χ4v) is 2.56. The van der Waals surface area contributed by atoms with Gasteiger partial charge in [-0.15, -0.1) is 0 Å². The summed E-state index contributed by atoms with van der Waals surface area (Å²) in [6.45, 7) is 1.04. The van der Waals surface area contributed by atoms with E-state index in [1.165, 1.54) is 12.2 Å². The number of carbonyl (C=O) groups is 1. The van der Waals surface area contributed by atoms with Crippen LogP contribution in [0.3, 0.4) is 0 Å². The molecule has 0 saturated heterocycles. The van der Waals surface area contributed by atoms with Gasteiger partial charge in [0.1, 0.15) is 11.6 Å². The van der Waals surface area contributed by atoms with Crippen molar-refractivity contribution >= 4 is 29.3 Å². The maximum Gasteiger partial charge on any atom is 0.248 e. The summed E-state index contributed by atoms with van der Waals surface area (Å²) >= 11 is 6.18. The van der Waals surface area contributed by atoms with Crippen LogP contribution in [0, 0.1) is 11.6 Å². The van der Waals surface area contributed by atoms with Gasteiger partial charge < -0.3 is 14.8 Å². The van der Waals surface area contributed by atoms with Gasteiger partial charge >= 0.3 is 0 Å². The molecule has 0 unspecified atom stereocenters. The first kappa shape index (κ1) is 17.2. The summed E-state index contributed by atoms with van der Waals surface area (Å²) in [4.78, 5) is 11.9. The van der Waals surface area contributed by atoms with Gasteiger partial charge in [0, 0.05) is 18.6 Å². The fraction of sp³-hybridized carbons (Fsp3) is 0.167. The molecule has 0 bridgehead atoms. The van der Waals surface area contributed by atoms with Crippen molar-refractivity contribution in [3.05, 3.63) is 58.6 Å². The number of carbonyl (C=O) groups excluding carboxylic acids is 1. The Morgan fingerprint density at radius 2 is 1.96 bits per heavy atom. The molecule has 0 fully saturated rings. The molecule has 25 heavy (non-hydrogen) atoms. The van der Waals surface area contributed by atoms with Crippen molar-refractivity contribution in [2.45, 2.75) is 6.42 Å². The van der Waals surface area contributed by atoms with E-state index in [1.54, 1.807) is 12.1 Å². The van der Waals surface area contributed by atoms with Crippen LogP contribution in [-0.2, 0) is 4.79 Å². The summed E-state index contributed by atoms with van der Waals surface area (Å²) in [7, 11) is 0. The molecule has 2 aromatic rings. The highest BCUT2D eigenvalue weighted by atomic mass is 35.5. The van der Waals surface area contributed by atoms with E-state index < -0.39 is 17.5 Å². The first-order valence-corrected chi connectivity index (χ1v) is 7.94. The number of ether oxygens (including phenoxy) is 2. The van der Waals surface area contributed by atoms with Crippen LogP contribution in [-0.4, -0.2) is 19.1 Å². The van der Waals surface area contributed by atoms with Crippen LogP contribution < -0.4 is 14.8 Å². The molecule has 3 rings (SSSR count). The van der Waals surface area contributed by atoms with E-state index in [0.717, 1.165) is 18.6 Å². The smallest absolute Gasteiger partial charge is 0.248 e. The SMILES string of the molecule is O=C(/C=C/c1cc(Cl)c2c(c1)OCCCO2)Nc1ccc(F)cc1F. The molecule has 0 aromatic heterocycles. The van der Waals surface area contributed by atoms with Gasteiger partial charge in [-0.25, -0.2) is 8.78 Å². The number of hydrogen-bond acceptors (Lipinski definition) is 3. The summed E-state index contributed by atoms with van der Waals surface area (Å²) in [5, 5.41) is 2.72. The van der Waals surface area contributed by atoms with Crippen LogP contribution in [0.4, 0.5) is 14.5 Å². The average Bonchev–Trinajstić information content (AvgIpc) is 2.81. The van der Waals surface area contributed by atoms with Crippen molar-refractivity contribution in [2.75, 3.05) is 18.5 Å². The lowest BCUT2D eigenvalue weighted by Crippen LogP contribution is -2.09. The van der Waals surface area contributed by atoms with Gasteiger partial charge in [-0.05, 0) is 35.9 Å². The van der Waals surface area contributed by atoms with E-state index >= 15 is 0 Å². The fourth-order valence-electron chi connectivity index (χ4n) is 2.28. The lowest BCUT2D eigenvalue weighted by Gasteiger charge is -2.10. The summed E-state index contributed by atoms with van der Waals surface area (Å²) < 4.78 is 37.5. The van der Waals surface area contributed by atoms with Gasteiger partial charge in [0.2, 0.25) is 5.91 Å². The molecular weight excluding hydrogens is 352 g/mol. The van der Waals surface area contributed by atoms with Crippen LogP contribution in [0.15, 0.2) is 36.4 Å². The molecule has 1 N–H and O–H groups in total. The van der Waals surface area contributed by atoms with Gasteiger partial charge in [0.05, 0.1) is 23.9 Å². The molecule has 1 amide bonds. The van der Waals surface area contributed by atoms with E-state index in [9.17, 15) is 13.6 Å². The van der Waals surface area contributed by atoms with Crippen molar-refractivity contribution in [1.82, 2.24) is 0 Å². The Kier molecular flexibility index (Phi) is 5.19. The lowest BCUT2D eigenvalue weighted by atomic mass is 10.2. The second-order valence-electron chi connectivity index (χ2n) is 5.33. The summed E-state index contributed by atoms with van der Waals surface area (Å²) in [5.41, 5.74) is 0.525. The highest BCUT2D eigenvalue weighted by Gasteiger charge is 2.15. The van der Waals surface area contributed by atoms with E-state index in [2.05, 4.69) is 5.32 Å². The number of benzene rings is 2. The Morgan fingerprint density at radius 3 is 2.76 bits per heavy atom. The lowest BCUT2D eigenvalue weighted by molar-refractivity contribution is -0.111. The third kappa shape index (κ3) is 4.28. The number of amides is 1. The first-order valence-electron chi connectivity index (χ1n) is 7.56. The largest absolute Gasteiger partial charge is 0.489 e. The zero-order valence-electron chi connectivity index (χ0n) is 13.0. The predicted molar refractivity (Wildman–Crippen MR) is 91.1 cm³/mol. The molecule has 0 aliphatic carbocycles. The van der Waals surface area contributed by atoms with Crippen LogP contribution in [0.5, 0.6) is 11.5 Å². The Balaban J connectivity index is 1.74. The zero-order valence-corrected chi connectivity index (χ0v) is 13.8. The highest BCUT2D eigenvalue weighted by molar-refractivity contribution is 6.32. The van der Waals surface area contributed by atoms with Gasteiger partial charge in [-0.3, -0.25) is 4.79 Å². The van der Waals surface area contributed by atoms with E-state index in [-0.39, 0.29) is 5.69 Å². The van der Waals surface area contributed by atoms with Crippen molar-refractivity contribution in [3.63, 3.8) is 0 Å². The summed E-state index contributed by atoms with van der Waals surface area (Å²) in [5.74, 6) is -1.13. The van der Waals surface area contributed by atoms with Crippen molar-refractivity contribution < 1.29 is 23.0 Å². The number of hydrogen-bond donors (Lipinski definition) is 1. The topological polar surface area (TPSA) is 47.6 Å². The van der Waals surface area contributed by atoms with Gasteiger partial charge in [0.15, 0.2) is 11.5 Å². The van der Waals surface area contributed by atoms with Crippen molar-refractivity contribution in [1.29, 1.82) is 0 Å². The molecule has 1 aliphatic heterocycles. The highest BCUT2D eigenvalue weighted by Crippen LogP contribution is 2.38. The Hall–Kier alpha value is -2.60. The zero-order chi connectivity index (χ0) is 17.8. The summed E-state index contributed by atoms with van der Waals surface area (Å²) in [6, 6.07) is 6.25. The maximum atomic E-state index is 13.5. The number of halogens is 3. The van der Waals surface area contributed by atoms with E-state index in [1.807, 2.05) is 0 Å². The van der Waals surface area contributed by atoms with Gasteiger partial charge in [-0.2, -0.15) is 0 Å². The number of anilines is 1. The molecule has 0 spiro atoms. The minimum atomic E-state index is -0.847. The first-order chi connectivity index (χ1) is 12.0. The second kappa shape index (κ2) is 7.53. The molecular formula is C18H14ClF2NO3. The Labute approximate surface area is 148 Å². The standard InChI is InChI=1S/C18H14ClF2NO3/c19-13-8-11(9-16-18(13)25-7-1-6-24-16)2-5-17(23)22-15-4-3-12(20)10-14(15)21/h2-5,8-10H,1,6-7H2,(H,22,23)/b5-2+. The molecule has 0 atom stereocenters. The monoisotopic (exact) mass is 365 g/mol. The summed E-state index contributed by atoms with van der Waals surface area (Å²) in [6.07, 6.45) is 3.48. The van der Waals surface area contributed by atoms with Crippen molar-refractivity contribution in [3.8, 4) is 11.5 Å². The van der Waals surface area contributed by atoms with Crippen LogP contribution in [0.25, 0.3) is 6.08 Å².